The van der Waals surface area contributed by atoms with Gasteiger partial charge in [0.15, 0.2) is 17.4 Å². The Bertz CT molecular complexity index is 1450. The molecule has 240 valence electrons. The van der Waals surface area contributed by atoms with Crippen molar-refractivity contribution >= 4 is 23.3 Å². The van der Waals surface area contributed by atoms with Crippen LogP contribution in [0.3, 0.4) is 0 Å². The number of aliphatic hydroxyl groups excluding tert-OH is 1. The van der Waals surface area contributed by atoms with Crippen LogP contribution in [0.1, 0.15) is 94.2 Å². The molecular formula is C33H46FN5O5. The zero-order valence-electron chi connectivity index (χ0n) is 26.9. The lowest BCUT2D eigenvalue weighted by atomic mass is 9.82. The van der Waals surface area contributed by atoms with E-state index in [9.17, 15) is 19.1 Å². The minimum atomic E-state index is -1.05. The molecule has 0 radical (unpaired) electrons. The van der Waals surface area contributed by atoms with Crippen LogP contribution in [0.15, 0.2) is 30.3 Å². The van der Waals surface area contributed by atoms with Crippen LogP contribution in [-0.2, 0) is 20.7 Å². The highest BCUT2D eigenvalue weighted by Gasteiger charge is 2.37. The van der Waals surface area contributed by atoms with Crippen molar-refractivity contribution in [3.63, 3.8) is 0 Å². The van der Waals surface area contributed by atoms with E-state index >= 15 is 0 Å². The molecule has 1 fully saturated rings. The van der Waals surface area contributed by atoms with Gasteiger partial charge in [0.1, 0.15) is 11.6 Å². The number of aliphatic hydroxyl groups is 1. The fourth-order valence-electron chi connectivity index (χ4n) is 5.34. The molecule has 1 aliphatic heterocycles. The molecular weight excluding hydrogens is 565 g/mol. The van der Waals surface area contributed by atoms with E-state index in [-0.39, 0.29) is 30.1 Å². The Morgan fingerprint density at radius 1 is 1.16 bits per heavy atom. The number of carbonyl (C=O) groups excluding carboxylic acids is 2. The Morgan fingerprint density at radius 3 is 2.43 bits per heavy atom. The van der Waals surface area contributed by atoms with Gasteiger partial charge in [-0.25, -0.2) is 14.2 Å². The maximum Gasteiger partial charge on any atom is 0.340 e. The topological polar surface area (TPSA) is 118 Å². The third-order valence-electron chi connectivity index (χ3n) is 7.87. The third kappa shape index (κ3) is 8.32. The van der Waals surface area contributed by atoms with Crippen molar-refractivity contribution in [3.05, 3.63) is 58.7 Å². The number of piperidine rings is 1. The van der Waals surface area contributed by atoms with Gasteiger partial charge in [0, 0.05) is 31.4 Å². The van der Waals surface area contributed by atoms with Crippen LogP contribution < -0.4 is 10.2 Å². The minimum absolute atomic E-state index is 0.0318. The molecule has 1 saturated heterocycles. The predicted molar refractivity (Wildman–Crippen MR) is 166 cm³/mol. The van der Waals surface area contributed by atoms with Crippen molar-refractivity contribution in [1.29, 1.82) is 0 Å². The number of halogens is 1. The van der Waals surface area contributed by atoms with Gasteiger partial charge in [0.25, 0.3) is 5.91 Å². The van der Waals surface area contributed by atoms with E-state index in [1.807, 2.05) is 27.7 Å². The number of rotatable bonds is 11. The summed E-state index contributed by atoms with van der Waals surface area (Å²) >= 11 is 0. The zero-order valence-corrected chi connectivity index (χ0v) is 26.9. The third-order valence-corrected chi connectivity index (χ3v) is 7.87. The summed E-state index contributed by atoms with van der Waals surface area (Å²) in [6.45, 7) is 15.4. The minimum Gasteiger partial charge on any atom is -0.464 e. The van der Waals surface area contributed by atoms with Crippen LogP contribution in [0.5, 0.6) is 0 Å². The Kier molecular flexibility index (Phi) is 10.3. The average molecular weight is 612 g/mol. The number of esters is 1. The fraction of sp³-hybridized carbons (Fsp3) is 0.576. The quantitative estimate of drug-likeness (QED) is 0.293. The van der Waals surface area contributed by atoms with E-state index < -0.39 is 29.7 Å². The van der Waals surface area contributed by atoms with Crippen molar-refractivity contribution in [1.82, 2.24) is 19.9 Å². The van der Waals surface area contributed by atoms with Crippen LogP contribution in [0.2, 0.25) is 0 Å². The Labute approximate surface area is 258 Å². The van der Waals surface area contributed by atoms with Crippen LogP contribution in [-0.4, -0.2) is 69.5 Å². The Balaban J connectivity index is 1.65. The maximum absolute atomic E-state index is 13.3. The molecule has 0 saturated carbocycles. The predicted octanol–water partition coefficient (Wildman–Crippen LogP) is 4.95. The van der Waals surface area contributed by atoms with E-state index in [4.69, 9.17) is 14.5 Å². The lowest BCUT2D eigenvalue weighted by Gasteiger charge is -2.39. The first-order chi connectivity index (χ1) is 20.7. The molecule has 11 heteroatoms. The van der Waals surface area contributed by atoms with Crippen LogP contribution in [0.4, 0.5) is 10.2 Å². The van der Waals surface area contributed by atoms with Gasteiger partial charge in [0.2, 0.25) is 0 Å². The number of amides is 1. The summed E-state index contributed by atoms with van der Waals surface area (Å²) in [6, 6.07) is 7.74. The monoisotopic (exact) mass is 611 g/mol. The average Bonchev–Trinajstić information content (AvgIpc) is 3.37. The molecule has 3 aromatic rings. The van der Waals surface area contributed by atoms with E-state index in [0.29, 0.717) is 35.6 Å². The molecule has 4 rings (SSSR count). The van der Waals surface area contributed by atoms with Gasteiger partial charge in [0.05, 0.1) is 23.9 Å². The number of fused-ring (bicyclic) bond motifs is 1. The fourth-order valence-corrected chi connectivity index (χ4v) is 5.34. The smallest absolute Gasteiger partial charge is 0.340 e. The molecule has 0 aliphatic carbocycles. The number of hydrogen-bond donors (Lipinski definition) is 2. The van der Waals surface area contributed by atoms with E-state index in [1.54, 1.807) is 29.6 Å². The standard InChI is InChI=1S/C33H46FN5O5/c1-8-43-31(42)28(44-32(3,4)5)27-21(2)36-26-19-25(37-39(26)30(27)38-17-15-33(6,7)16-18-38)29(41)35-20-24(40)14-11-22-9-12-23(34)13-10-22/h9-10,12-13,19,24,28,40H,8,11,14-18,20H2,1-7H3,(H,35,41)/t24?,28-/m0/s1. The number of aryl methyl sites for hydroxylation is 2. The molecule has 44 heavy (non-hydrogen) atoms. The van der Waals surface area contributed by atoms with Crippen LogP contribution in [0, 0.1) is 18.2 Å². The number of anilines is 1. The molecule has 1 aliphatic rings. The van der Waals surface area contributed by atoms with Gasteiger partial charge in [-0.1, -0.05) is 26.0 Å². The largest absolute Gasteiger partial charge is 0.464 e. The van der Waals surface area contributed by atoms with Crippen molar-refractivity contribution in [2.75, 3.05) is 31.1 Å². The number of aromatic nitrogens is 3. The molecule has 2 N–H and O–H groups in total. The van der Waals surface area contributed by atoms with Gasteiger partial charge >= 0.3 is 5.97 Å². The highest BCUT2D eigenvalue weighted by molar-refractivity contribution is 5.93. The number of nitrogens with zero attached hydrogens (tertiary/aromatic N) is 4. The molecule has 0 spiro atoms. The summed E-state index contributed by atoms with van der Waals surface area (Å²) in [5.74, 6) is -0.612. The van der Waals surface area contributed by atoms with E-state index in [1.165, 1.54) is 12.1 Å². The first-order valence-corrected chi connectivity index (χ1v) is 15.4. The summed E-state index contributed by atoms with van der Waals surface area (Å²) < 4.78 is 26.6. The number of hydrogen-bond acceptors (Lipinski definition) is 8. The molecule has 1 aromatic carbocycles. The van der Waals surface area contributed by atoms with Gasteiger partial charge in [-0.15, -0.1) is 0 Å². The Morgan fingerprint density at radius 2 is 1.82 bits per heavy atom. The molecule has 2 aromatic heterocycles. The zero-order chi connectivity index (χ0) is 32.2. The molecule has 1 amide bonds. The summed E-state index contributed by atoms with van der Waals surface area (Å²) in [5.41, 5.74) is 2.17. The molecule has 10 nitrogen and oxygen atoms in total. The molecule has 1 unspecified atom stereocenters. The highest BCUT2D eigenvalue weighted by atomic mass is 19.1. The lowest BCUT2D eigenvalue weighted by molar-refractivity contribution is -0.166. The van der Waals surface area contributed by atoms with Crippen molar-refractivity contribution in [3.8, 4) is 0 Å². The first-order valence-electron chi connectivity index (χ1n) is 15.4. The van der Waals surface area contributed by atoms with Crippen LogP contribution in [0.25, 0.3) is 5.65 Å². The van der Waals surface area contributed by atoms with Gasteiger partial charge < -0.3 is 24.8 Å². The molecule has 0 bridgehead atoms. The SMILES string of the molecule is CCOC(=O)[C@@H](OC(C)(C)C)c1c(C)nc2cc(C(=O)NCC(O)CCc3ccc(F)cc3)nn2c1N1CCC(C)(C)CC1. The van der Waals surface area contributed by atoms with Crippen molar-refractivity contribution in [2.45, 2.75) is 92.0 Å². The number of carbonyl (C=O) groups is 2. The van der Waals surface area contributed by atoms with Gasteiger partial charge in [-0.05, 0) is 83.4 Å². The first kappa shape index (κ1) is 33.3. The van der Waals surface area contributed by atoms with E-state index in [0.717, 1.165) is 31.5 Å². The second-order valence-corrected chi connectivity index (χ2v) is 13.3. The van der Waals surface area contributed by atoms with Gasteiger partial charge in [-0.2, -0.15) is 9.61 Å². The number of benzene rings is 1. The van der Waals surface area contributed by atoms with Crippen molar-refractivity contribution < 1.29 is 28.6 Å². The molecule has 2 atom stereocenters. The lowest BCUT2D eigenvalue weighted by Crippen LogP contribution is -2.40. The Hall–Kier alpha value is -3.57. The second kappa shape index (κ2) is 13.6. The van der Waals surface area contributed by atoms with Crippen LogP contribution >= 0.6 is 0 Å². The summed E-state index contributed by atoms with van der Waals surface area (Å²) in [6.07, 6.45) is 0.981. The van der Waals surface area contributed by atoms with Gasteiger partial charge in [-0.3, -0.25) is 4.79 Å². The summed E-state index contributed by atoms with van der Waals surface area (Å²) in [7, 11) is 0. The maximum atomic E-state index is 13.3. The van der Waals surface area contributed by atoms with E-state index in [2.05, 4.69) is 29.2 Å². The second-order valence-electron chi connectivity index (χ2n) is 13.3. The summed E-state index contributed by atoms with van der Waals surface area (Å²) in [4.78, 5) is 33.5. The summed E-state index contributed by atoms with van der Waals surface area (Å²) in [5, 5.41) is 17.9. The number of nitrogens with one attached hydrogen (secondary N) is 1. The highest BCUT2D eigenvalue weighted by Crippen LogP contribution is 2.39. The van der Waals surface area contributed by atoms with Crippen molar-refractivity contribution in [2.24, 2.45) is 5.41 Å². The normalized spacial score (nSPS) is 16.5. The molecule has 3 heterocycles. The number of ether oxygens (including phenoxy) is 2.